The zero-order valence-electron chi connectivity index (χ0n) is 13.0. The van der Waals surface area contributed by atoms with Gasteiger partial charge in [-0.15, -0.1) is 0 Å². The van der Waals surface area contributed by atoms with Crippen LogP contribution in [0.1, 0.15) is 12.8 Å². The normalized spacial score (nSPS) is 18.6. The molecule has 0 bridgehead atoms. The summed E-state index contributed by atoms with van der Waals surface area (Å²) < 4.78 is 13.1. The Kier molecular flexibility index (Phi) is 5.07. The van der Waals surface area contributed by atoms with Crippen LogP contribution in [-0.2, 0) is 4.79 Å². The van der Waals surface area contributed by atoms with Gasteiger partial charge in [0.2, 0.25) is 0 Å². The second kappa shape index (κ2) is 7.23. The monoisotopic (exact) mass is 337 g/mol. The molecule has 1 amide bonds. The van der Waals surface area contributed by atoms with Gasteiger partial charge in [-0.1, -0.05) is 6.07 Å². The zero-order chi connectivity index (χ0) is 16.2. The van der Waals surface area contributed by atoms with E-state index < -0.39 is 0 Å². The number of hydrogen-bond acceptors (Lipinski definition) is 2. The molecular weight excluding hydrogens is 315 g/mol. The Morgan fingerprint density at radius 3 is 2.74 bits per heavy atom. The highest BCUT2D eigenvalue weighted by molar-refractivity contribution is 7.80. The Labute approximate surface area is 140 Å². The highest BCUT2D eigenvalue weighted by atomic mass is 32.1. The van der Waals surface area contributed by atoms with E-state index in [1.165, 1.54) is 29.9 Å². The van der Waals surface area contributed by atoms with Crippen molar-refractivity contribution in [1.29, 1.82) is 0 Å². The van der Waals surface area contributed by atoms with Gasteiger partial charge in [0, 0.05) is 11.7 Å². The molecule has 124 valence electrons. The number of nitrogens with one attached hydrogen (secondary N) is 3. The molecule has 2 aliphatic rings. The van der Waals surface area contributed by atoms with Gasteiger partial charge < -0.3 is 20.4 Å². The van der Waals surface area contributed by atoms with Gasteiger partial charge in [0.1, 0.15) is 5.82 Å². The van der Waals surface area contributed by atoms with Gasteiger partial charge in [-0.3, -0.25) is 4.79 Å². The number of anilines is 1. The molecule has 3 N–H and O–H groups in total. The summed E-state index contributed by atoms with van der Waals surface area (Å²) in [6.45, 7) is 3.88. The molecule has 1 aromatic rings. The van der Waals surface area contributed by atoms with Crippen LogP contribution >= 0.6 is 12.2 Å². The van der Waals surface area contributed by atoms with Crippen LogP contribution in [0, 0.1) is 5.82 Å². The maximum absolute atomic E-state index is 13.1. The molecule has 0 unspecified atom stereocenters. The summed E-state index contributed by atoms with van der Waals surface area (Å²) in [6.07, 6.45) is 2.43. The largest absolute Gasteiger partial charge is 0.360 e. The lowest BCUT2D eigenvalue weighted by Crippen LogP contribution is -3.15. The van der Waals surface area contributed by atoms with Crippen molar-refractivity contribution in [2.45, 2.75) is 18.9 Å². The molecule has 1 aliphatic heterocycles. The van der Waals surface area contributed by atoms with Crippen molar-refractivity contribution in [2.24, 2.45) is 0 Å². The SMILES string of the molecule is O=C(C[NH+]1CCN(C(=S)NC2CC2)CC1)Nc1cccc(F)c1. The molecule has 0 spiro atoms. The number of nitrogens with zero attached hydrogens (tertiary/aromatic N) is 1. The first-order chi connectivity index (χ1) is 11.1. The van der Waals surface area contributed by atoms with Crippen molar-refractivity contribution < 1.29 is 14.1 Å². The Bertz CT molecular complexity index is 585. The summed E-state index contributed by atoms with van der Waals surface area (Å²) in [4.78, 5) is 15.5. The van der Waals surface area contributed by atoms with E-state index in [4.69, 9.17) is 12.2 Å². The van der Waals surface area contributed by atoms with Gasteiger partial charge in [0.25, 0.3) is 5.91 Å². The number of piperazine rings is 1. The molecule has 1 heterocycles. The summed E-state index contributed by atoms with van der Waals surface area (Å²) in [6, 6.07) is 6.54. The van der Waals surface area contributed by atoms with Crippen molar-refractivity contribution >= 4 is 28.9 Å². The molecule has 2 fully saturated rings. The minimum absolute atomic E-state index is 0.0854. The van der Waals surface area contributed by atoms with Crippen LogP contribution in [0.2, 0.25) is 0 Å². The molecule has 1 aliphatic carbocycles. The Morgan fingerprint density at radius 1 is 1.35 bits per heavy atom. The number of amides is 1. The predicted molar refractivity (Wildman–Crippen MR) is 90.9 cm³/mol. The molecule has 0 atom stereocenters. The molecule has 1 saturated carbocycles. The Balaban J connectivity index is 1.41. The smallest absolute Gasteiger partial charge is 0.279 e. The standard InChI is InChI=1S/C16H21FN4OS/c17-12-2-1-3-14(10-12)18-15(22)11-20-6-8-21(9-7-20)16(23)19-13-4-5-13/h1-3,10,13H,4-9,11H2,(H,18,22)(H,19,23)/p+1. The van der Waals surface area contributed by atoms with E-state index in [1.807, 2.05) is 0 Å². The molecular formula is C16H22FN4OS+. The fraction of sp³-hybridized carbons (Fsp3) is 0.500. The van der Waals surface area contributed by atoms with Gasteiger partial charge in [-0.25, -0.2) is 4.39 Å². The lowest BCUT2D eigenvalue weighted by atomic mass is 10.3. The lowest BCUT2D eigenvalue weighted by molar-refractivity contribution is -0.895. The van der Waals surface area contributed by atoms with E-state index in [1.54, 1.807) is 12.1 Å². The number of benzene rings is 1. The van der Waals surface area contributed by atoms with Crippen molar-refractivity contribution in [3.8, 4) is 0 Å². The fourth-order valence-corrected chi connectivity index (χ4v) is 3.04. The van der Waals surface area contributed by atoms with E-state index >= 15 is 0 Å². The molecule has 3 rings (SSSR count). The van der Waals surface area contributed by atoms with E-state index in [9.17, 15) is 9.18 Å². The van der Waals surface area contributed by atoms with Crippen LogP contribution in [0.5, 0.6) is 0 Å². The summed E-state index contributed by atoms with van der Waals surface area (Å²) in [5.41, 5.74) is 0.503. The molecule has 0 aromatic heterocycles. The minimum atomic E-state index is -0.347. The number of thiocarbonyl (C=S) groups is 1. The average Bonchev–Trinajstić information content (AvgIpc) is 3.31. The average molecular weight is 337 g/mol. The third-order valence-electron chi connectivity index (χ3n) is 4.18. The van der Waals surface area contributed by atoms with Crippen molar-refractivity contribution in [3.63, 3.8) is 0 Å². The number of halogens is 1. The molecule has 5 nitrogen and oxygen atoms in total. The van der Waals surface area contributed by atoms with Gasteiger partial charge in [-0.05, 0) is 43.3 Å². The first-order valence-corrected chi connectivity index (χ1v) is 8.45. The fourth-order valence-electron chi connectivity index (χ4n) is 2.69. The molecule has 1 aromatic carbocycles. The number of rotatable bonds is 4. The third kappa shape index (κ3) is 4.87. The van der Waals surface area contributed by atoms with Gasteiger partial charge in [0.15, 0.2) is 11.7 Å². The Hall–Kier alpha value is -1.73. The first kappa shape index (κ1) is 16.1. The van der Waals surface area contributed by atoms with Crippen molar-refractivity contribution in [3.05, 3.63) is 30.1 Å². The van der Waals surface area contributed by atoms with E-state index in [-0.39, 0.29) is 11.7 Å². The van der Waals surface area contributed by atoms with Crippen LogP contribution in [-0.4, -0.2) is 54.7 Å². The number of carbonyl (C=O) groups is 1. The minimum Gasteiger partial charge on any atom is -0.360 e. The summed E-state index contributed by atoms with van der Waals surface area (Å²) >= 11 is 5.41. The number of carbonyl (C=O) groups excluding carboxylic acids is 1. The van der Waals surface area contributed by atoms with Crippen LogP contribution in [0.4, 0.5) is 10.1 Å². The first-order valence-electron chi connectivity index (χ1n) is 8.04. The van der Waals surface area contributed by atoms with E-state index in [0.29, 0.717) is 18.3 Å². The van der Waals surface area contributed by atoms with E-state index in [2.05, 4.69) is 15.5 Å². The highest BCUT2D eigenvalue weighted by Gasteiger charge is 2.27. The molecule has 1 saturated heterocycles. The van der Waals surface area contributed by atoms with Crippen LogP contribution in [0.15, 0.2) is 24.3 Å². The maximum atomic E-state index is 13.1. The lowest BCUT2D eigenvalue weighted by Gasteiger charge is -2.33. The number of hydrogen-bond donors (Lipinski definition) is 3. The molecule has 0 radical (unpaired) electrons. The summed E-state index contributed by atoms with van der Waals surface area (Å²) in [7, 11) is 0. The number of quaternary nitrogens is 1. The van der Waals surface area contributed by atoms with Crippen molar-refractivity contribution in [1.82, 2.24) is 10.2 Å². The van der Waals surface area contributed by atoms with E-state index in [0.717, 1.165) is 31.3 Å². The second-order valence-electron chi connectivity index (χ2n) is 6.20. The third-order valence-corrected chi connectivity index (χ3v) is 4.56. The van der Waals surface area contributed by atoms with Gasteiger partial charge in [-0.2, -0.15) is 0 Å². The van der Waals surface area contributed by atoms with Crippen molar-refractivity contribution in [2.75, 3.05) is 38.0 Å². The van der Waals surface area contributed by atoms with Gasteiger partial charge >= 0.3 is 0 Å². The second-order valence-corrected chi connectivity index (χ2v) is 6.58. The Morgan fingerprint density at radius 2 is 2.09 bits per heavy atom. The summed E-state index contributed by atoms with van der Waals surface area (Å²) in [5, 5.41) is 6.94. The predicted octanol–water partition coefficient (Wildman–Crippen LogP) is 0.00160. The maximum Gasteiger partial charge on any atom is 0.279 e. The van der Waals surface area contributed by atoms with Gasteiger partial charge in [0.05, 0.1) is 26.2 Å². The topological polar surface area (TPSA) is 48.8 Å². The molecule has 7 heteroatoms. The quantitative estimate of drug-likeness (QED) is 0.677. The highest BCUT2D eigenvalue weighted by Crippen LogP contribution is 2.18. The molecule has 23 heavy (non-hydrogen) atoms. The van der Waals surface area contributed by atoms with Crippen LogP contribution < -0.4 is 15.5 Å². The zero-order valence-corrected chi connectivity index (χ0v) is 13.8. The summed E-state index contributed by atoms with van der Waals surface area (Å²) in [5.74, 6) is -0.432. The van der Waals surface area contributed by atoms with Crippen LogP contribution in [0.3, 0.4) is 0 Å². The van der Waals surface area contributed by atoms with Crippen LogP contribution in [0.25, 0.3) is 0 Å².